The highest BCUT2D eigenvalue weighted by molar-refractivity contribution is 5.89. The fraction of sp³-hybridized carbons (Fsp3) is 0.417. The van der Waals surface area contributed by atoms with E-state index in [-0.39, 0.29) is 12.1 Å². The molecule has 1 unspecified atom stereocenters. The van der Waals surface area contributed by atoms with Crippen molar-refractivity contribution < 1.29 is 4.79 Å². The first-order valence-corrected chi connectivity index (χ1v) is 10.6. The molecule has 0 spiro atoms. The van der Waals surface area contributed by atoms with Gasteiger partial charge in [0, 0.05) is 30.4 Å². The van der Waals surface area contributed by atoms with Crippen LogP contribution in [0.25, 0.3) is 0 Å². The summed E-state index contributed by atoms with van der Waals surface area (Å²) in [5.41, 5.74) is 2.70. The summed E-state index contributed by atoms with van der Waals surface area (Å²) < 4.78 is 0. The number of amides is 2. The van der Waals surface area contributed by atoms with E-state index in [4.69, 9.17) is 5.26 Å². The van der Waals surface area contributed by atoms with Gasteiger partial charge >= 0.3 is 6.03 Å². The molecule has 0 radical (unpaired) electrons. The maximum Gasteiger partial charge on any atom is 0.319 e. The van der Waals surface area contributed by atoms with Gasteiger partial charge in [-0.05, 0) is 61.9 Å². The fourth-order valence-corrected chi connectivity index (χ4v) is 4.84. The monoisotopic (exact) mass is 388 g/mol. The Balaban J connectivity index is 1.30. The summed E-state index contributed by atoms with van der Waals surface area (Å²) in [6.45, 7) is 1.10. The molecule has 2 aromatic carbocycles. The van der Waals surface area contributed by atoms with E-state index in [1.54, 1.807) is 24.3 Å². The summed E-state index contributed by atoms with van der Waals surface area (Å²) in [6, 6.07) is 20.9. The average Bonchev–Trinajstić information content (AvgIpc) is 2.73. The summed E-state index contributed by atoms with van der Waals surface area (Å²) in [6.07, 6.45) is 6.87. The van der Waals surface area contributed by atoms with Crippen molar-refractivity contribution in [1.82, 2.24) is 10.2 Å². The largest absolute Gasteiger partial charge is 0.335 e. The van der Waals surface area contributed by atoms with Crippen LogP contribution in [0.3, 0.4) is 0 Å². The second-order valence-electron chi connectivity index (χ2n) is 8.17. The lowest BCUT2D eigenvalue weighted by atomic mass is 9.81. The molecule has 5 heteroatoms. The molecular formula is C24H28N4O. The summed E-state index contributed by atoms with van der Waals surface area (Å²) in [5.74, 6) is 0. The zero-order valence-electron chi connectivity index (χ0n) is 16.7. The first kappa shape index (κ1) is 19.5. The molecule has 2 amide bonds. The summed E-state index contributed by atoms with van der Waals surface area (Å²) in [4.78, 5) is 15.1. The molecule has 150 valence electrons. The van der Waals surface area contributed by atoms with Gasteiger partial charge in [-0.2, -0.15) is 5.26 Å². The highest BCUT2D eigenvalue weighted by atomic mass is 16.2. The van der Waals surface area contributed by atoms with E-state index in [2.05, 4.69) is 51.9 Å². The lowest BCUT2D eigenvalue weighted by Crippen LogP contribution is -2.57. The normalized spacial score (nSPS) is 23.8. The number of carbonyl (C=O) groups is 1. The Labute approximate surface area is 172 Å². The number of carbonyl (C=O) groups excluding carboxylic acids is 1. The Morgan fingerprint density at radius 3 is 2.38 bits per heavy atom. The maximum atomic E-state index is 12.4. The van der Waals surface area contributed by atoms with Gasteiger partial charge < -0.3 is 10.6 Å². The number of urea groups is 1. The first-order chi connectivity index (χ1) is 14.2. The Bertz CT molecular complexity index is 845. The fourth-order valence-electron chi connectivity index (χ4n) is 4.84. The molecule has 2 bridgehead atoms. The molecule has 29 heavy (non-hydrogen) atoms. The zero-order valence-corrected chi connectivity index (χ0v) is 16.7. The van der Waals surface area contributed by atoms with Gasteiger partial charge in [-0.3, -0.25) is 4.90 Å². The standard InChI is InChI=1S/C24H28N4O/c25-17-19-9-11-20(12-10-19)26-24(29)27-21-15-22-7-4-8-23(16-21)28(22)14-13-18-5-2-1-3-6-18/h1-3,5-6,9-12,21-23H,4,7-8,13-16H2,(H2,26,27,29)/t21?,22-,23+. The van der Waals surface area contributed by atoms with Gasteiger partial charge in [0.25, 0.3) is 0 Å². The molecule has 5 nitrogen and oxygen atoms in total. The van der Waals surface area contributed by atoms with Crippen LogP contribution >= 0.6 is 0 Å². The van der Waals surface area contributed by atoms with Crippen LogP contribution < -0.4 is 10.6 Å². The topological polar surface area (TPSA) is 68.2 Å². The number of rotatable bonds is 5. The molecule has 0 aromatic heterocycles. The molecule has 2 fully saturated rings. The minimum Gasteiger partial charge on any atom is -0.335 e. The van der Waals surface area contributed by atoms with Gasteiger partial charge in [0.2, 0.25) is 0 Å². The van der Waals surface area contributed by atoms with Gasteiger partial charge in [0.05, 0.1) is 11.6 Å². The minimum atomic E-state index is -0.157. The second-order valence-corrected chi connectivity index (χ2v) is 8.17. The van der Waals surface area contributed by atoms with Gasteiger partial charge in [0.15, 0.2) is 0 Å². The van der Waals surface area contributed by atoms with Crippen molar-refractivity contribution in [2.75, 3.05) is 11.9 Å². The molecule has 2 saturated heterocycles. The van der Waals surface area contributed by atoms with Crippen molar-refractivity contribution in [3.8, 4) is 6.07 Å². The third kappa shape index (κ3) is 4.96. The predicted molar refractivity (Wildman–Crippen MR) is 115 cm³/mol. The van der Waals surface area contributed by atoms with Crippen LogP contribution in [0.1, 0.15) is 43.2 Å². The molecule has 2 heterocycles. The quantitative estimate of drug-likeness (QED) is 0.802. The van der Waals surface area contributed by atoms with Crippen molar-refractivity contribution >= 4 is 11.7 Å². The van der Waals surface area contributed by atoms with Crippen LogP contribution in [0.15, 0.2) is 54.6 Å². The van der Waals surface area contributed by atoms with E-state index in [0.29, 0.717) is 23.3 Å². The number of nitrogens with zero attached hydrogens (tertiary/aromatic N) is 2. The summed E-state index contributed by atoms with van der Waals surface area (Å²) in [5, 5.41) is 14.9. The lowest BCUT2D eigenvalue weighted by molar-refractivity contribution is 0.0280. The number of hydrogen-bond acceptors (Lipinski definition) is 3. The highest BCUT2D eigenvalue weighted by Crippen LogP contribution is 2.34. The van der Waals surface area contributed by atoms with Crippen molar-refractivity contribution in [2.24, 2.45) is 0 Å². The molecule has 2 aromatic rings. The molecule has 0 saturated carbocycles. The zero-order chi connectivity index (χ0) is 20.1. The first-order valence-electron chi connectivity index (χ1n) is 10.6. The van der Waals surface area contributed by atoms with Crippen LogP contribution in [-0.2, 0) is 6.42 Å². The lowest BCUT2D eigenvalue weighted by Gasteiger charge is -2.49. The average molecular weight is 389 g/mol. The highest BCUT2D eigenvalue weighted by Gasteiger charge is 2.38. The number of nitriles is 1. The predicted octanol–water partition coefficient (Wildman–Crippen LogP) is 4.31. The molecule has 4 rings (SSSR count). The van der Waals surface area contributed by atoms with Gasteiger partial charge in [-0.1, -0.05) is 36.8 Å². The molecule has 3 atom stereocenters. The minimum absolute atomic E-state index is 0.157. The van der Waals surface area contributed by atoms with Crippen LogP contribution in [-0.4, -0.2) is 35.6 Å². The van der Waals surface area contributed by atoms with Gasteiger partial charge in [-0.25, -0.2) is 4.79 Å². The number of piperidine rings is 2. The van der Waals surface area contributed by atoms with Crippen molar-refractivity contribution in [3.63, 3.8) is 0 Å². The van der Waals surface area contributed by atoms with E-state index < -0.39 is 0 Å². The van der Waals surface area contributed by atoms with Crippen molar-refractivity contribution in [3.05, 3.63) is 65.7 Å². The van der Waals surface area contributed by atoms with E-state index in [0.717, 1.165) is 25.8 Å². The second kappa shape index (κ2) is 9.11. The van der Waals surface area contributed by atoms with E-state index in [1.165, 1.54) is 24.8 Å². The summed E-state index contributed by atoms with van der Waals surface area (Å²) in [7, 11) is 0. The summed E-state index contributed by atoms with van der Waals surface area (Å²) >= 11 is 0. The van der Waals surface area contributed by atoms with Crippen LogP contribution in [0.2, 0.25) is 0 Å². The number of benzene rings is 2. The number of fused-ring (bicyclic) bond motifs is 2. The third-order valence-electron chi connectivity index (χ3n) is 6.23. The van der Waals surface area contributed by atoms with E-state index in [9.17, 15) is 4.79 Å². The molecule has 2 aliphatic rings. The van der Waals surface area contributed by atoms with Crippen LogP contribution in [0.5, 0.6) is 0 Å². The molecule has 0 aliphatic carbocycles. The van der Waals surface area contributed by atoms with E-state index >= 15 is 0 Å². The molecule has 2 aliphatic heterocycles. The Kier molecular flexibility index (Phi) is 6.12. The smallest absolute Gasteiger partial charge is 0.319 e. The van der Waals surface area contributed by atoms with Gasteiger partial charge in [0.1, 0.15) is 0 Å². The van der Waals surface area contributed by atoms with E-state index in [1.807, 2.05) is 0 Å². The SMILES string of the molecule is N#Cc1ccc(NC(=O)NC2C[C@H]3CCC[C@@H](C2)N3CCc2ccccc2)cc1. The van der Waals surface area contributed by atoms with Crippen molar-refractivity contribution in [1.29, 1.82) is 5.26 Å². The third-order valence-corrected chi connectivity index (χ3v) is 6.23. The Morgan fingerprint density at radius 2 is 1.72 bits per heavy atom. The van der Waals surface area contributed by atoms with Crippen LogP contribution in [0.4, 0.5) is 10.5 Å². The Morgan fingerprint density at radius 1 is 1.03 bits per heavy atom. The number of nitrogens with one attached hydrogen (secondary N) is 2. The number of anilines is 1. The maximum absolute atomic E-state index is 12.4. The van der Waals surface area contributed by atoms with Gasteiger partial charge in [-0.15, -0.1) is 0 Å². The molecular weight excluding hydrogens is 360 g/mol. The Hall–Kier alpha value is -2.84. The van der Waals surface area contributed by atoms with Crippen LogP contribution in [0, 0.1) is 11.3 Å². The molecule has 2 N–H and O–H groups in total. The van der Waals surface area contributed by atoms with Crippen molar-refractivity contribution in [2.45, 2.75) is 56.7 Å². The number of hydrogen-bond donors (Lipinski definition) is 2.